The molecule has 3 aliphatic carbocycles. The molecule has 2 N–H and O–H groups in total. The first-order valence-corrected chi connectivity index (χ1v) is 17.6. The molecule has 0 amide bonds. The van der Waals surface area contributed by atoms with E-state index in [-0.39, 0.29) is 11.5 Å². The number of allylic oxidation sites excluding steroid dienone is 2. The molecule has 9 heteroatoms. The SMILES string of the molecule is CC1=CCCC2(C)C(CCC2(O)CSc2nc3ccccc3s2)c2ccc(cc2C(=O)c2cccc(C(F)(F)F)c2)CC(O)CC1. The minimum Gasteiger partial charge on any atom is -0.393 e. The molecule has 2 bridgehead atoms. The summed E-state index contributed by atoms with van der Waals surface area (Å²) in [6.07, 6.45) is 1.15. The predicted molar refractivity (Wildman–Crippen MR) is 179 cm³/mol. The number of rotatable bonds is 5. The minimum atomic E-state index is -4.58. The number of aromatic nitrogens is 1. The third kappa shape index (κ3) is 6.57. The van der Waals surface area contributed by atoms with E-state index in [2.05, 4.69) is 19.9 Å². The predicted octanol–water partition coefficient (Wildman–Crippen LogP) is 9.38. The number of alkyl halides is 3. The number of halogens is 3. The summed E-state index contributed by atoms with van der Waals surface area (Å²) < 4.78 is 42.8. The second kappa shape index (κ2) is 12.9. The number of thioether (sulfide) groups is 1. The number of aliphatic hydroxyl groups excluding tert-OH is 1. The molecule has 0 saturated heterocycles. The van der Waals surface area contributed by atoms with Crippen molar-refractivity contribution in [3.63, 3.8) is 0 Å². The third-order valence-corrected chi connectivity index (χ3v) is 12.5. The molecule has 4 atom stereocenters. The van der Waals surface area contributed by atoms with Gasteiger partial charge in [0.1, 0.15) is 0 Å². The lowest BCUT2D eigenvalue weighted by atomic mass is 9.65. The fourth-order valence-corrected chi connectivity index (χ4v) is 9.64. The van der Waals surface area contributed by atoms with Gasteiger partial charge in [-0.25, -0.2) is 4.98 Å². The van der Waals surface area contributed by atoms with Gasteiger partial charge in [0.05, 0.1) is 27.5 Å². The number of benzene rings is 3. The van der Waals surface area contributed by atoms with Crippen LogP contribution in [-0.4, -0.2) is 38.4 Å². The Morgan fingerprint density at radius 3 is 2.65 bits per heavy atom. The summed E-state index contributed by atoms with van der Waals surface area (Å²) in [5, 5.41) is 23.3. The molecule has 4 unspecified atom stereocenters. The fourth-order valence-electron chi connectivity index (χ4n) is 7.26. The van der Waals surface area contributed by atoms with Gasteiger partial charge in [-0.3, -0.25) is 4.79 Å². The van der Waals surface area contributed by atoms with Crippen LogP contribution in [-0.2, 0) is 12.6 Å². The van der Waals surface area contributed by atoms with Crippen LogP contribution in [0.4, 0.5) is 13.2 Å². The Balaban J connectivity index is 1.41. The minimum absolute atomic E-state index is 0.0326. The van der Waals surface area contributed by atoms with E-state index in [1.807, 2.05) is 36.4 Å². The Hall–Kier alpha value is -2.98. The van der Waals surface area contributed by atoms with Crippen molar-refractivity contribution in [1.82, 2.24) is 4.98 Å². The number of para-hydroxylation sites is 1. The Bertz CT molecular complexity index is 1750. The molecule has 242 valence electrons. The van der Waals surface area contributed by atoms with Crippen LogP contribution >= 0.6 is 23.1 Å². The van der Waals surface area contributed by atoms with Gasteiger partial charge in [-0.15, -0.1) is 11.3 Å². The lowest BCUT2D eigenvalue weighted by molar-refractivity contribution is -0.137. The summed E-state index contributed by atoms with van der Waals surface area (Å²) in [5.41, 5.74) is 1.33. The van der Waals surface area contributed by atoms with E-state index in [4.69, 9.17) is 4.98 Å². The van der Waals surface area contributed by atoms with E-state index < -0.39 is 34.6 Å². The highest BCUT2D eigenvalue weighted by Crippen LogP contribution is 2.60. The van der Waals surface area contributed by atoms with Gasteiger partial charge >= 0.3 is 6.18 Å². The number of hydrogen-bond donors (Lipinski definition) is 2. The maximum absolute atomic E-state index is 14.1. The highest BCUT2D eigenvalue weighted by Gasteiger charge is 2.56. The average Bonchev–Trinajstić information content (AvgIpc) is 3.56. The number of nitrogens with zero attached hydrogens (tertiary/aromatic N) is 1. The molecule has 4 aromatic rings. The van der Waals surface area contributed by atoms with Crippen molar-refractivity contribution < 1.29 is 28.2 Å². The highest BCUT2D eigenvalue weighted by atomic mass is 32.2. The second-order valence-corrected chi connectivity index (χ2v) is 15.3. The molecule has 0 aliphatic heterocycles. The Kier molecular flexibility index (Phi) is 9.24. The van der Waals surface area contributed by atoms with Gasteiger partial charge in [-0.2, -0.15) is 13.2 Å². The zero-order chi connectivity index (χ0) is 32.7. The van der Waals surface area contributed by atoms with Crippen LogP contribution in [0.3, 0.4) is 0 Å². The lowest BCUT2D eigenvalue weighted by Crippen LogP contribution is -2.46. The van der Waals surface area contributed by atoms with Gasteiger partial charge in [0.15, 0.2) is 10.1 Å². The first-order chi connectivity index (χ1) is 21.9. The molecule has 1 aromatic heterocycles. The summed E-state index contributed by atoms with van der Waals surface area (Å²) in [6, 6.07) is 18.1. The van der Waals surface area contributed by atoms with Gasteiger partial charge in [0, 0.05) is 22.3 Å². The van der Waals surface area contributed by atoms with E-state index in [1.165, 1.54) is 17.7 Å². The van der Waals surface area contributed by atoms with Crippen molar-refractivity contribution in [2.24, 2.45) is 5.41 Å². The quantitative estimate of drug-likeness (QED) is 0.126. The van der Waals surface area contributed by atoms with E-state index in [0.717, 1.165) is 50.7 Å². The van der Waals surface area contributed by atoms with Crippen molar-refractivity contribution >= 4 is 39.1 Å². The third-order valence-electron chi connectivity index (χ3n) is 10.1. The monoisotopic (exact) mass is 665 g/mol. The van der Waals surface area contributed by atoms with Gasteiger partial charge in [-0.1, -0.05) is 66.7 Å². The first kappa shape index (κ1) is 32.9. The second-order valence-electron chi connectivity index (χ2n) is 13.1. The normalized spacial score (nSPS) is 25.7. The van der Waals surface area contributed by atoms with E-state index in [1.54, 1.807) is 29.2 Å². The van der Waals surface area contributed by atoms with Crippen molar-refractivity contribution in [2.45, 2.75) is 86.9 Å². The van der Waals surface area contributed by atoms with Crippen LogP contribution in [0.2, 0.25) is 0 Å². The van der Waals surface area contributed by atoms with Crippen molar-refractivity contribution in [3.8, 4) is 0 Å². The summed E-state index contributed by atoms with van der Waals surface area (Å²) >= 11 is 3.16. The van der Waals surface area contributed by atoms with Gasteiger partial charge < -0.3 is 10.2 Å². The molecule has 1 saturated carbocycles. The topological polar surface area (TPSA) is 70.4 Å². The Morgan fingerprint density at radius 1 is 1.07 bits per heavy atom. The zero-order valence-corrected chi connectivity index (χ0v) is 27.6. The van der Waals surface area contributed by atoms with Crippen molar-refractivity contribution in [1.29, 1.82) is 0 Å². The molecule has 3 aliphatic rings. The smallest absolute Gasteiger partial charge is 0.393 e. The van der Waals surface area contributed by atoms with Crippen LogP contribution in [0, 0.1) is 5.41 Å². The summed E-state index contributed by atoms with van der Waals surface area (Å²) in [5.74, 6) is -0.264. The summed E-state index contributed by atoms with van der Waals surface area (Å²) in [6.45, 7) is 4.18. The zero-order valence-electron chi connectivity index (χ0n) is 25.9. The molecular formula is C37H38F3NO3S2. The number of hydrogen-bond acceptors (Lipinski definition) is 6. The summed E-state index contributed by atoms with van der Waals surface area (Å²) in [4.78, 5) is 18.9. The lowest BCUT2D eigenvalue weighted by Gasteiger charge is -2.44. The first-order valence-electron chi connectivity index (χ1n) is 15.8. The standard InChI is InChI=1S/C37H38F3NO3S2/c1-23-7-6-17-35(2)30(16-18-36(35,44)22-45-34-41-31-10-3-4-11-32(31)46-34)28-15-13-24(19-27(42)14-12-23)20-29(28)33(43)25-8-5-9-26(21-25)37(38,39)40/h3-5,7-11,13,15,20-21,27,30,42,44H,6,12,14,16-19,22H2,1-2H3. The molecule has 46 heavy (non-hydrogen) atoms. The maximum atomic E-state index is 14.1. The maximum Gasteiger partial charge on any atom is 0.416 e. The van der Waals surface area contributed by atoms with Gasteiger partial charge in [0.25, 0.3) is 0 Å². The number of aliphatic hydroxyl groups is 2. The molecule has 7 rings (SSSR count). The van der Waals surface area contributed by atoms with Crippen LogP contribution in [0.5, 0.6) is 0 Å². The number of carbonyl (C=O) groups is 1. The molecule has 3 aromatic carbocycles. The van der Waals surface area contributed by atoms with Crippen LogP contribution in [0.15, 0.2) is 82.7 Å². The van der Waals surface area contributed by atoms with E-state index >= 15 is 0 Å². The number of ketones is 1. The molecule has 4 nitrogen and oxygen atoms in total. The highest BCUT2D eigenvalue weighted by molar-refractivity contribution is 8.01. The number of carbonyl (C=O) groups excluding carboxylic acids is 1. The van der Waals surface area contributed by atoms with Crippen LogP contribution in [0.25, 0.3) is 10.2 Å². The van der Waals surface area contributed by atoms with Gasteiger partial charge in [-0.05, 0) is 99.2 Å². The van der Waals surface area contributed by atoms with Crippen LogP contribution < -0.4 is 0 Å². The molecule has 0 radical (unpaired) electrons. The molecule has 1 fully saturated rings. The number of fused-ring (bicyclic) bond motifs is 9. The fraction of sp³-hybridized carbons (Fsp3) is 0.405. The molecule has 0 spiro atoms. The molecular weight excluding hydrogens is 628 g/mol. The van der Waals surface area contributed by atoms with Crippen LogP contribution in [0.1, 0.15) is 90.9 Å². The van der Waals surface area contributed by atoms with Crippen molar-refractivity contribution in [3.05, 3.63) is 106 Å². The Morgan fingerprint density at radius 2 is 1.87 bits per heavy atom. The van der Waals surface area contributed by atoms with Crippen molar-refractivity contribution in [2.75, 3.05) is 5.75 Å². The van der Waals surface area contributed by atoms with E-state index in [9.17, 15) is 28.2 Å². The largest absolute Gasteiger partial charge is 0.416 e. The Labute approximate surface area is 275 Å². The number of thiazole rings is 1. The molecule has 1 heterocycles. The summed E-state index contributed by atoms with van der Waals surface area (Å²) in [7, 11) is 0. The van der Waals surface area contributed by atoms with Gasteiger partial charge in [0.2, 0.25) is 0 Å². The average molecular weight is 666 g/mol. The van der Waals surface area contributed by atoms with E-state index in [0.29, 0.717) is 43.4 Å².